The highest BCUT2D eigenvalue weighted by molar-refractivity contribution is 5.83. The fourth-order valence-corrected chi connectivity index (χ4v) is 1.49. The first-order valence-corrected chi connectivity index (χ1v) is 5.77. The zero-order chi connectivity index (χ0) is 13.1. The summed E-state index contributed by atoms with van der Waals surface area (Å²) in [6, 6.07) is -0.342. The van der Waals surface area contributed by atoms with Crippen LogP contribution in [-0.2, 0) is 11.8 Å². The number of likely N-dealkylation sites (N-methyl/N-ethyl adjacent to an activating group) is 1. The first kappa shape index (κ1) is 13.7. The van der Waals surface area contributed by atoms with E-state index in [1.54, 1.807) is 17.9 Å². The molecule has 0 aliphatic rings. The lowest BCUT2D eigenvalue weighted by atomic mass is 9.96. The molecular weight excluding hydrogens is 216 g/mol. The number of carbonyl (C=O) groups excluding carboxylic acids is 1. The third kappa shape index (κ3) is 4.19. The van der Waals surface area contributed by atoms with Crippen LogP contribution < -0.4 is 10.6 Å². The molecule has 1 heterocycles. The molecule has 0 saturated carbocycles. The molecule has 0 fully saturated rings. The van der Waals surface area contributed by atoms with E-state index in [9.17, 15) is 4.79 Å². The van der Waals surface area contributed by atoms with E-state index in [2.05, 4.69) is 36.5 Å². The summed E-state index contributed by atoms with van der Waals surface area (Å²) in [6.45, 7) is 6.92. The minimum Gasteiger partial charge on any atom is -0.354 e. The second-order valence-corrected chi connectivity index (χ2v) is 5.45. The highest BCUT2D eigenvalue weighted by atomic mass is 16.2. The van der Waals surface area contributed by atoms with Gasteiger partial charge in [-0.2, -0.15) is 5.10 Å². The summed E-state index contributed by atoms with van der Waals surface area (Å²) < 4.78 is 1.69. The van der Waals surface area contributed by atoms with Crippen LogP contribution in [0.5, 0.6) is 0 Å². The van der Waals surface area contributed by atoms with E-state index in [-0.39, 0.29) is 17.4 Å². The minimum absolute atomic E-state index is 0.0181. The van der Waals surface area contributed by atoms with Gasteiger partial charge < -0.3 is 10.6 Å². The van der Waals surface area contributed by atoms with Gasteiger partial charge in [-0.25, -0.2) is 0 Å². The summed E-state index contributed by atoms with van der Waals surface area (Å²) in [6.07, 6.45) is 3.55. The van der Waals surface area contributed by atoms with Crippen molar-refractivity contribution >= 4 is 5.91 Å². The van der Waals surface area contributed by atoms with Gasteiger partial charge in [-0.05, 0) is 12.5 Å². The van der Waals surface area contributed by atoms with Gasteiger partial charge >= 0.3 is 0 Å². The van der Waals surface area contributed by atoms with Crippen molar-refractivity contribution in [1.82, 2.24) is 20.4 Å². The lowest BCUT2D eigenvalue weighted by Gasteiger charge is -2.21. The summed E-state index contributed by atoms with van der Waals surface area (Å²) in [5.74, 6) is -0.0181. The average Bonchev–Trinajstić information content (AvgIpc) is 2.62. The molecule has 1 unspecified atom stereocenters. The number of rotatable bonds is 4. The third-order valence-electron chi connectivity index (χ3n) is 2.40. The van der Waals surface area contributed by atoms with Crippen LogP contribution in [0, 0.1) is 5.41 Å². The molecule has 17 heavy (non-hydrogen) atoms. The van der Waals surface area contributed by atoms with Crippen LogP contribution in [0.4, 0.5) is 0 Å². The summed E-state index contributed by atoms with van der Waals surface area (Å²) in [5.41, 5.74) is 0.963. The predicted octanol–water partition coefficient (Wildman–Crippen LogP) is 0.843. The molecule has 0 aromatic carbocycles. The Morgan fingerprint density at radius 1 is 1.53 bits per heavy atom. The largest absolute Gasteiger partial charge is 0.354 e. The first-order chi connectivity index (χ1) is 7.83. The van der Waals surface area contributed by atoms with Crippen molar-refractivity contribution in [2.75, 3.05) is 13.6 Å². The number of aromatic nitrogens is 2. The second kappa shape index (κ2) is 5.31. The Hall–Kier alpha value is -1.36. The van der Waals surface area contributed by atoms with E-state index < -0.39 is 0 Å². The van der Waals surface area contributed by atoms with Crippen molar-refractivity contribution in [2.24, 2.45) is 12.5 Å². The quantitative estimate of drug-likeness (QED) is 0.817. The molecular formula is C12H22N4O. The van der Waals surface area contributed by atoms with E-state index in [1.165, 1.54) is 0 Å². The molecule has 96 valence electrons. The van der Waals surface area contributed by atoms with E-state index >= 15 is 0 Å². The maximum atomic E-state index is 12.0. The number of amides is 1. The number of hydrogen-bond donors (Lipinski definition) is 2. The number of nitrogens with one attached hydrogen (secondary N) is 2. The molecule has 0 aliphatic carbocycles. The number of carbonyl (C=O) groups is 1. The van der Waals surface area contributed by atoms with Crippen molar-refractivity contribution in [2.45, 2.75) is 26.8 Å². The van der Waals surface area contributed by atoms with E-state index in [0.29, 0.717) is 6.54 Å². The molecule has 1 amide bonds. The fourth-order valence-electron chi connectivity index (χ4n) is 1.49. The maximum Gasteiger partial charge on any atom is 0.241 e. The normalized spacial score (nSPS) is 13.5. The van der Waals surface area contributed by atoms with Gasteiger partial charge in [0.05, 0.1) is 6.20 Å². The molecule has 1 aromatic heterocycles. The van der Waals surface area contributed by atoms with Crippen LogP contribution in [0.25, 0.3) is 0 Å². The Balaban J connectivity index is 2.65. The molecule has 0 aliphatic heterocycles. The molecule has 0 saturated heterocycles. The summed E-state index contributed by atoms with van der Waals surface area (Å²) in [5, 5.41) is 10.0. The zero-order valence-electron chi connectivity index (χ0n) is 11.2. The Labute approximate surface area is 103 Å². The number of nitrogens with zero attached hydrogens (tertiary/aromatic N) is 2. The highest BCUT2D eigenvalue weighted by Gasteiger charge is 2.21. The molecule has 0 bridgehead atoms. The Kier molecular flexibility index (Phi) is 4.28. The Bertz CT molecular complexity index is 378. The predicted molar refractivity (Wildman–Crippen MR) is 67.5 cm³/mol. The van der Waals surface area contributed by atoms with Crippen LogP contribution in [0.15, 0.2) is 12.4 Å². The molecule has 5 nitrogen and oxygen atoms in total. The molecule has 2 N–H and O–H groups in total. The lowest BCUT2D eigenvalue weighted by molar-refractivity contribution is -0.123. The van der Waals surface area contributed by atoms with Gasteiger partial charge in [0, 0.05) is 25.4 Å². The smallest absolute Gasteiger partial charge is 0.241 e. The lowest BCUT2D eigenvalue weighted by Crippen LogP contribution is -2.39. The van der Waals surface area contributed by atoms with E-state index in [1.807, 2.05) is 13.2 Å². The van der Waals surface area contributed by atoms with Crippen molar-refractivity contribution in [3.8, 4) is 0 Å². The summed E-state index contributed by atoms with van der Waals surface area (Å²) >= 11 is 0. The molecule has 0 radical (unpaired) electrons. The van der Waals surface area contributed by atoms with E-state index in [0.717, 1.165) is 5.56 Å². The van der Waals surface area contributed by atoms with E-state index in [4.69, 9.17) is 0 Å². The molecule has 5 heteroatoms. The molecule has 1 rings (SSSR count). The van der Waals surface area contributed by atoms with Crippen molar-refractivity contribution in [3.63, 3.8) is 0 Å². The fraction of sp³-hybridized carbons (Fsp3) is 0.667. The van der Waals surface area contributed by atoms with Crippen LogP contribution in [0.3, 0.4) is 0 Å². The minimum atomic E-state index is -0.342. The van der Waals surface area contributed by atoms with Gasteiger partial charge in [-0.1, -0.05) is 20.8 Å². The summed E-state index contributed by atoms with van der Waals surface area (Å²) in [4.78, 5) is 12.0. The van der Waals surface area contributed by atoms with Gasteiger partial charge in [-0.3, -0.25) is 9.48 Å². The SMILES string of the molecule is CNC(C(=O)NCC(C)(C)C)c1cnn(C)c1. The van der Waals surface area contributed by atoms with Crippen LogP contribution in [0.2, 0.25) is 0 Å². The third-order valence-corrected chi connectivity index (χ3v) is 2.40. The number of hydrogen-bond acceptors (Lipinski definition) is 3. The summed E-state index contributed by atoms with van der Waals surface area (Å²) in [7, 11) is 3.61. The molecule has 1 aromatic rings. The Morgan fingerprint density at radius 3 is 2.59 bits per heavy atom. The van der Waals surface area contributed by atoms with Crippen molar-refractivity contribution < 1.29 is 4.79 Å². The van der Waals surface area contributed by atoms with Crippen LogP contribution >= 0.6 is 0 Å². The second-order valence-electron chi connectivity index (χ2n) is 5.45. The van der Waals surface area contributed by atoms with Gasteiger partial charge in [0.25, 0.3) is 0 Å². The standard InChI is InChI=1S/C12H22N4O/c1-12(2,3)8-14-11(17)10(13-4)9-6-15-16(5)7-9/h6-7,10,13H,8H2,1-5H3,(H,14,17). The highest BCUT2D eigenvalue weighted by Crippen LogP contribution is 2.14. The maximum absolute atomic E-state index is 12.0. The van der Waals surface area contributed by atoms with Crippen LogP contribution in [-0.4, -0.2) is 29.3 Å². The molecule has 0 spiro atoms. The number of aryl methyl sites for hydroxylation is 1. The van der Waals surface area contributed by atoms with Crippen molar-refractivity contribution in [3.05, 3.63) is 18.0 Å². The van der Waals surface area contributed by atoms with Crippen LogP contribution in [0.1, 0.15) is 32.4 Å². The van der Waals surface area contributed by atoms with Gasteiger partial charge in [0.1, 0.15) is 6.04 Å². The first-order valence-electron chi connectivity index (χ1n) is 5.77. The monoisotopic (exact) mass is 238 g/mol. The topological polar surface area (TPSA) is 59.0 Å². The van der Waals surface area contributed by atoms with Gasteiger partial charge in [0.2, 0.25) is 5.91 Å². The molecule has 1 atom stereocenters. The Morgan fingerprint density at radius 2 is 2.18 bits per heavy atom. The average molecular weight is 238 g/mol. The zero-order valence-corrected chi connectivity index (χ0v) is 11.2. The van der Waals surface area contributed by atoms with Crippen molar-refractivity contribution in [1.29, 1.82) is 0 Å². The van der Waals surface area contributed by atoms with Gasteiger partial charge in [-0.15, -0.1) is 0 Å². The van der Waals surface area contributed by atoms with Gasteiger partial charge in [0.15, 0.2) is 0 Å².